The number of fused-ring (bicyclic) bond motifs is 1. The Bertz CT molecular complexity index is 1340. The minimum atomic E-state index is -3.87. The minimum absolute atomic E-state index is 0.135. The van der Waals surface area contributed by atoms with Crippen molar-refractivity contribution in [3.8, 4) is 11.5 Å². The Morgan fingerprint density at radius 1 is 1.03 bits per heavy atom. The number of benzene rings is 2. The number of aromatic nitrogens is 1. The van der Waals surface area contributed by atoms with E-state index in [4.69, 9.17) is 14.0 Å². The number of carbonyl (C=O) groups excluding carboxylic acids is 1. The van der Waals surface area contributed by atoms with Gasteiger partial charge in [0.2, 0.25) is 5.91 Å². The van der Waals surface area contributed by atoms with Crippen molar-refractivity contribution in [1.29, 1.82) is 0 Å². The first-order chi connectivity index (χ1) is 15.7. The van der Waals surface area contributed by atoms with Crippen molar-refractivity contribution in [2.45, 2.75) is 25.7 Å². The Kier molecular flexibility index (Phi) is 6.10. The van der Waals surface area contributed by atoms with E-state index in [2.05, 4.69) is 15.2 Å². The van der Waals surface area contributed by atoms with Crippen LogP contribution in [-0.2, 0) is 14.8 Å². The van der Waals surface area contributed by atoms with Gasteiger partial charge < -0.3 is 19.3 Å². The fourth-order valence-corrected chi connectivity index (χ4v) is 4.66. The molecule has 2 aromatic carbocycles. The SMILES string of the molecule is CC(=O)Nc1c(C)noc1C=Cc1ccc(C)c(S(=O)(=O)Nc2ccc3c(c2)OCCO3)c1. The minimum Gasteiger partial charge on any atom is -0.486 e. The average molecular weight is 470 g/mol. The van der Waals surface area contributed by atoms with E-state index in [1.54, 1.807) is 62.4 Å². The van der Waals surface area contributed by atoms with E-state index in [-0.39, 0.29) is 10.8 Å². The quantitative estimate of drug-likeness (QED) is 0.560. The first kappa shape index (κ1) is 22.4. The number of ether oxygens (including phenoxy) is 2. The summed E-state index contributed by atoms with van der Waals surface area (Å²) in [4.78, 5) is 11.6. The Morgan fingerprint density at radius 2 is 1.79 bits per heavy atom. The van der Waals surface area contributed by atoms with Gasteiger partial charge >= 0.3 is 0 Å². The van der Waals surface area contributed by atoms with E-state index >= 15 is 0 Å². The van der Waals surface area contributed by atoms with Crippen LogP contribution in [0.5, 0.6) is 11.5 Å². The highest BCUT2D eigenvalue weighted by atomic mass is 32.2. The third-order valence-electron chi connectivity index (χ3n) is 4.91. The zero-order valence-corrected chi connectivity index (χ0v) is 19.2. The Balaban J connectivity index is 1.59. The smallest absolute Gasteiger partial charge is 0.262 e. The summed E-state index contributed by atoms with van der Waals surface area (Å²) in [7, 11) is -3.87. The molecule has 172 valence electrons. The number of carbonyl (C=O) groups is 1. The van der Waals surface area contributed by atoms with Crippen LogP contribution in [0.2, 0.25) is 0 Å². The van der Waals surface area contributed by atoms with Crippen LogP contribution < -0.4 is 19.5 Å². The zero-order chi connectivity index (χ0) is 23.6. The fourth-order valence-electron chi connectivity index (χ4n) is 3.33. The van der Waals surface area contributed by atoms with Crippen LogP contribution >= 0.6 is 0 Å². The van der Waals surface area contributed by atoms with Gasteiger partial charge in [-0.05, 0) is 49.2 Å². The van der Waals surface area contributed by atoms with Gasteiger partial charge in [-0.25, -0.2) is 8.42 Å². The van der Waals surface area contributed by atoms with Crippen LogP contribution in [0, 0.1) is 13.8 Å². The van der Waals surface area contributed by atoms with Gasteiger partial charge in [-0.1, -0.05) is 23.4 Å². The topological polar surface area (TPSA) is 120 Å². The number of nitrogens with one attached hydrogen (secondary N) is 2. The standard InChI is InChI=1S/C23H23N3O6S/c1-14-4-5-17(6-8-20-23(24-16(3)27)15(2)25-32-20)12-22(14)33(28,29)26-18-7-9-19-21(13-18)31-11-10-30-19/h4-9,12-13,26H,10-11H2,1-3H3,(H,24,27). The van der Waals surface area contributed by atoms with Crippen molar-refractivity contribution >= 4 is 39.5 Å². The van der Waals surface area contributed by atoms with Crippen molar-refractivity contribution < 1.29 is 27.2 Å². The van der Waals surface area contributed by atoms with Crippen molar-refractivity contribution in [2.24, 2.45) is 0 Å². The average Bonchev–Trinajstić information content (AvgIpc) is 3.11. The van der Waals surface area contributed by atoms with Gasteiger partial charge in [-0.3, -0.25) is 9.52 Å². The summed E-state index contributed by atoms with van der Waals surface area (Å²) >= 11 is 0. The first-order valence-electron chi connectivity index (χ1n) is 10.2. The molecule has 1 aliphatic rings. The maximum absolute atomic E-state index is 13.1. The van der Waals surface area contributed by atoms with Crippen LogP contribution in [0.1, 0.15) is 29.5 Å². The lowest BCUT2D eigenvalue weighted by atomic mass is 10.1. The molecule has 0 fully saturated rings. The summed E-state index contributed by atoms with van der Waals surface area (Å²) in [6, 6.07) is 9.97. The lowest BCUT2D eigenvalue weighted by molar-refractivity contribution is -0.114. The molecule has 0 saturated heterocycles. The summed E-state index contributed by atoms with van der Waals surface area (Å²) in [6.45, 7) is 5.70. The maximum atomic E-state index is 13.1. The van der Waals surface area contributed by atoms with Crippen LogP contribution in [0.3, 0.4) is 0 Å². The number of aryl methyl sites for hydroxylation is 2. The van der Waals surface area contributed by atoms with Gasteiger partial charge in [0.1, 0.15) is 24.6 Å². The van der Waals surface area contributed by atoms with Crippen molar-refractivity contribution in [3.05, 3.63) is 59.0 Å². The number of hydrogen-bond acceptors (Lipinski definition) is 7. The highest BCUT2D eigenvalue weighted by Gasteiger charge is 2.20. The maximum Gasteiger partial charge on any atom is 0.262 e. The fraction of sp³-hybridized carbons (Fsp3) is 0.217. The second-order valence-electron chi connectivity index (χ2n) is 7.51. The number of anilines is 2. The highest BCUT2D eigenvalue weighted by molar-refractivity contribution is 7.92. The number of amides is 1. The first-order valence-corrected chi connectivity index (χ1v) is 11.7. The molecule has 1 aliphatic heterocycles. The predicted octanol–water partition coefficient (Wildman–Crippen LogP) is 3.99. The molecule has 2 N–H and O–H groups in total. The molecular formula is C23H23N3O6S. The number of rotatable bonds is 6. The molecule has 0 spiro atoms. The lowest BCUT2D eigenvalue weighted by Gasteiger charge is -2.19. The molecular weight excluding hydrogens is 446 g/mol. The molecule has 0 atom stereocenters. The third kappa shape index (κ3) is 5.01. The lowest BCUT2D eigenvalue weighted by Crippen LogP contribution is -2.17. The summed E-state index contributed by atoms with van der Waals surface area (Å²) < 4.78 is 45.1. The molecule has 9 nitrogen and oxygen atoms in total. The molecule has 0 aliphatic carbocycles. The number of sulfonamides is 1. The summed E-state index contributed by atoms with van der Waals surface area (Å²) in [5.41, 5.74) is 2.61. The Labute approximate surface area is 191 Å². The number of nitrogens with zero attached hydrogens (tertiary/aromatic N) is 1. The van der Waals surface area contributed by atoms with Crippen LogP contribution in [-0.4, -0.2) is 32.7 Å². The van der Waals surface area contributed by atoms with E-state index < -0.39 is 10.0 Å². The van der Waals surface area contributed by atoms with Crippen LogP contribution in [0.4, 0.5) is 11.4 Å². The zero-order valence-electron chi connectivity index (χ0n) is 18.3. The van der Waals surface area contributed by atoms with Gasteiger partial charge in [0, 0.05) is 13.0 Å². The molecule has 33 heavy (non-hydrogen) atoms. The van der Waals surface area contributed by atoms with E-state index in [0.717, 1.165) is 0 Å². The molecule has 0 saturated carbocycles. The van der Waals surface area contributed by atoms with Gasteiger partial charge in [0.15, 0.2) is 17.3 Å². The Morgan fingerprint density at radius 3 is 2.55 bits per heavy atom. The van der Waals surface area contributed by atoms with E-state index in [0.29, 0.717) is 58.7 Å². The molecule has 1 aromatic heterocycles. The third-order valence-corrected chi connectivity index (χ3v) is 6.44. The van der Waals surface area contributed by atoms with E-state index in [1.807, 2.05) is 0 Å². The predicted molar refractivity (Wildman–Crippen MR) is 124 cm³/mol. The monoisotopic (exact) mass is 469 g/mol. The Hall–Kier alpha value is -3.79. The van der Waals surface area contributed by atoms with Crippen molar-refractivity contribution in [3.63, 3.8) is 0 Å². The molecule has 0 unspecified atom stereocenters. The van der Waals surface area contributed by atoms with Gasteiger partial charge in [-0.15, -0.1) is 0 Å². The number of hydrogen-bond donors (Lipinski definition) is 2. The van der Waals surface area contributed by atoms with Gasteiger partial charge in [-0.2, -0.15) is 0 Å². The highest BCUT2D eigenvalue weighted by Crippen LogP contribution is 2.33. The summed E-state index contributed by atoms with van der Waals surface area (Å²) in [6.07, 6.45) is 3.31. The normalized spacial score (nSPS) is 13.2. The second kappa shape index (κ2) is 8.99. The molecule has 2 heterocycles. The summed E-state index contributed by atoms with van der Waals surface area (Å²) in [5, 5.41) is 6.54. The van der Waals surface area contributed by atoms with Crippen LogP contribution in [0.25, 0.3) is 12.2 Å². The van der Waals surface area contributed by atoms with Crippen LogP contribution in [0.15, 0.2) is 45.8 Å². The summed E-state index contributed by atoms with van der Waals surface area (Å²) in [5.74, 6) is 1.19. The molecule has 1 amide bonds. The molecule has 3 aromatic rings. The van der Waals surface area contributed by atoms with Crippen molar-refractivity contribution in [2.75, 3.05) is 23.3 Å². The van der Waals surface area contributed by atoms with Gasteiger partial charge in [0.25, 0.3) is 10.0 Å². The molecule has 4 rings (SSSR count). The second-order valence-corrected chi connectivity index (χ2v) is 9.16. The molecule has 10 heteroatoms. The van der Waals surface area contributed by atoms with Gasteiger partial charge in [0.05, 0.1) is 10.6 Å². The molecule has 0 bridgehead atoms. The van der Waals surface area contributed by atoms with E-state index in [1.165, 1.54) is 6.92 Å². The van der Waals surface area contributed by atoms with Crippen molar-refractivity contribution in [1.82, 2.24) is 5.16 Å². The largest absolute Gasteiger partial charge is 0.486 e. The van der Waals surface area contributed by atoms with E-state index in [9.17, 15) is 13.2 Å². The molecule has 0 radical (unpaired) electrons.